The van der Waals surface area contributed by atoms with Crippen molar-refractivity contribution in [3.63, 3.8) is 0 Å². The van der Waals surface area contributed by atoms with Gasteiger partial charge in [-0.25, -0.2) is 14.6 Å². The number of aliphatic carboxylic acids is 2. The molecular formula is C26H29N3O5S. The van der Waals surface area contributed by atoms with Gasteiger partial charge in [0.05, 0.1) is 0 Å². The Kier molecular flexibility index (Phi) is 8.73. The first-order valence-corrected chi connectivity index (χ1v) is 12.1. The zero-order chi connectivity index (χ0) is 25.4. The molecule has 4 rings (SSSR count). The molecule has 1 aliphatic rings. The minimum Gasteiger partial charge on any atom is -0.473 e. The van der Waals surface area contributed by atoms with Gasteiger partial charge in [0.15, 0.2) is 0 Å². The maximum atomic E-state index is 12.9. The molecule has 0 spiro atoms. The number of aromatic nitrogens is 1. The monoisotopic (exact) mass is 495 g/mol. The summed E-state index contributed by atoms with van der Waals surface area (Å²) in [6, 6.07) is 20.6. The first kappa shape index (κ1) is 26.1. The molecule has 1 amide bonds. The van der Waals surface area contributed by atoms with Gasteiger partial charge < -0.3 is 10.2 Å². The number of carboxylic acid groups (broad SMARTS) is 2. The highest BCUT2D eigenvalue weighted by Crippen LogP contribution is 2.43. The predicted molar refractivity (Wildman–Crippen MR) is 134 cm³/mol. The summed E-state index contributed by atoms with van der Waals surface area (Å²) >= 11 is 1.68. The van der Waals surface area contributed by atoms with E-state index in [1.165, 1.54) is 5.56 Å². The highest BCUT2D eigenvalue weighted by molar-refractivity contribution is 7.09. The zero-order valence-electron chi connectivity index (χ0n) is 19.8. The number of aryl methyl sites for hydroxylation is 1. The van der Waals surface area contributed by atoms with Crippen LogP contribution in [-0.2, 0) is 26.5 Å². The number of nitrogens with zero attached hydrogens (tertiary/aromatic N) is 3. The van der Waals surface area contributed by atoms with Crippen LogP contribution in [0.1, 0.15) is 36.0 Å². The molecular weight excluding hydrogens is 466 g/mol. The Hall–Kier alpha value is -3.56. The normalized spacial score (nSPS) is 14.9. The lowest BCUT2D eigenvalue weighted by atomic mass is 9.85. The van der Waals surface area contributed by atoms with Gasteiger partial charge >= 0.3 is 11.9 Å². The van der Waals surface area contributed by atoms with Crippen molar-refractivity contribution in [1.82, 2.24) is 9.88 Å². The molecule has 0 radical (unpaired) electrons. The van der Waals surface area contributed by atoms with Crippen LogP contribution in [0.3, 0.4) is 0 Å². The van der Waals surface area contributed by atoms with E-state index < -0.39 is 11.9 Å². The molecule has 184 valence electrons. The molecule has 1 aliphatic heterocycles. The minimum atomic E-state index is -1.82. The maximum Gasteiger partial charge on any atom is 0.414 e. The van der Waals surface area contributed by atoms with Crippen molar-refractivity contribution in [2.45, 2.75) is 38.8 Å². The Bertz CT molecular complexity index is 1130. The van der Waals surface area contributed by atoms with Crippen LogP contribution in [-0.4, -0.2) is 51.0 Å². The van der Waals surface area contributed by atoms with Crippen molar-refractivity contribution in [1.29, 1.82) is 0 Å². The summed E-state index contributed by atoms with van der Waals surface area (Å²) in [5.74, 6) is -3.58. The second-order valence-corrected chi connectivity index (χ2v) is 9.25. The summed E-state index contributed by atoms with van der Waals surface area (Å²) in [7, 11) is 0. The lowest BCUT2D eigenvalue weighted by Crippen LogP contribution is -2.55. The van der Waals surface area contributed by atoms with E-state index in [0.717, 1.165) is 48.9 Å². The van der Waals surface area contributed by atoms with Crippen LogP contribution in [0.15, 0.2) is 66.0 Å². The average Bonchev–Trinajstić information content (AvgIpc) is 3.29. The third-order valence-corrected chi connectivity index (χ3v) is 7.04. The summed E-state index contributed by atoms with van der Waals surface area (Å²) in [6.07, 6.45) is 1.75. The molecule has 1 aromatic heterocycles. The van der Waals surface area contributed by atoms with Crippen LogP contribution in [0.5, 0.6) is 0 Å². The number of amides is 1. The standard InChI is InChI=1S/C24H27N3OS.C2H2O4/c1-19-18-29-23(25-19)24(27(20(2)28)22-11-7-4-8-12-22)13-15-26(16-14-24)17-21-9-5-3-6-10-21;3-1(4)2(5)6/h3-12,18H,13-17H2,1-2H3;(H,3,4)(H,5,6). The molecule has 0 aliphatic carbocycles. The summed E-state index contributed by atoms with van der Waals surface area (Å²) in [5.41, 5.74) is 2.91. The summed E-state index contributed by atoms with van der Waals surface area (Å²) < 4.78 is 0. The van der Waals surface area contributed by atoms with E-state index in [1.807, 2.05) is 42.2 Å². The van der Waals surface area contributed by atoms with E-state index in [0.29, 0.717) is 0 Å². The van der Waals surface area contributed by atoms with Gasteiger partial charge in [-0.1, -0.05) is 48.5 Å². The number of para-hydroxylation sites is 1. The Morgan fingerprint density at radius 2 is 1.51 bits per heavy atom. The number of benzene rings is 2. The molecule has 0 atom stereocenters. The molecule has 2 heterocycles. The lowest BCUT2D eigenvalue weighted by Gasteiger charge is -2.47. The molecule has 0 saturated carbocycles. The number of hydrogen-bond donors (Lipinski definition) is 2. The number of carbonyl (C=O) groups excluding carboxylic acids is 1. The lowest BCUT2D eigenvalue weighted by molar-refractivity contribution is -0.159. The molecule has 9 heteroatoms. The number of likely N-dealkylation sites (tertiary alicyclic amines) is 1. The third-order valence-electron chi connectivity index (χ3n) is 5.89. The van der Waals surface area contributed by atoms with Crippen LogP contribution in [0, 0.1) is 6.92 Å². The number of rotatable bonds is 5. The van der Waals surface area contributed by atoms with Crippen molar-refractivity contribution < 1.29 is 24.6 Å². The van der Waals surface area contributed by atoms with Gasteiger partial charge in [-0.3, -0.25) is 14.6 Å². The number of carboxylic acids is 2. The van der Waals surface area contributed by atoms with E-state index in [1.54, 1.807) is 18.3 Å². The third kappa shape index (κ3) is 6.52. The molecule has 2 aromatic carbocycles. The molecule has 0 bridgehead atoms. The number of hydrogen-bond acceptors (Lipinski definition) is 6. The number of thiazole rings is 1. The molecule has 1 saturated heterocycles. The second kappa shape index (κ2) is 11.7. The molecule has 1 fully saturated rings. The van der Waals surface area contributed by atoms with E-state index in [-0.39, 0.29) is 11.4 Å². The van der Waals surface area contributed by atoms with Gasteiger partial charge in [0.2, 0.25) is 5.91 Å². The minimum absolute atomic E-state index is 0.0700. The Morgan fingerprint density at radius 1 is 0.971 bits per heavy atom. The van der Waals surface area contributed by atoms with Crippen LogP contribution in [0.2, 0.25) is 0 Å². The largest absolute Gasteiger partial charge is 0.473 e. The number of anilines is 1. The first-order valence-electron chi connectivity index (χ1n) is 11.2. The van der Waals surface area contributed by atoms with Gasteiger partial charge in [-0.2, -0.15) is 0 Å². The maximum absolute atomic E-state index is 12.9. The van der Waals surface area contributed by atoms with Gasteiger partial charge in [-0.05, 0) is 37.5 Å². The van der Waals surface area contributed by atoms with Crippen LogP contribution in [0.25, 0.3) is 0 Å². The molecule has 35 heavy (non-hydrogen) atoms. The quantitative estimate of drug-likeness (QED) is 0.512. The molecule has 3 aromatic rings. The van der Waals surface area contributed by atoms with Gasteiger partial charge in [0.25, 0.3) is 0 Å². The van der Waals surface area contributed by atoms with Crippen molar-refractivity contribution >= 4 is 34.9 Å². The Labute approximate surface area is 208 Å². The van der Waals surface area contributed by atoms with Crippen LogP contribution < -0.4 is 4.90 Å². The van der Waals surface area contributed by atoms with Gasteiger partial charge in [-0.15, -0.1) is 11.3 Å². The number of carbonyl (C=O) groups is 3. The SMILES string of the molecule is CC(=O)N(c1ccccc1)C1(c2nc(C)cs2)CCN(Cc2ccccc2)CC1.O=C(O)C(=O)O. The predicted octanol–water partition coefficient (Wildman–Crippen LogP) is 4.15. The molecule has 8 nitrogen and oxygen atoms in total. The van der Waals surface area contributed by atoms with Gasteiger partial charge in [0, 0.05) is 43.3 Å². The number of piperidine rings is 1. The van der Waals surface area contributed by atoms with Crippen molar-refractivity contribution in [2.24, 2.45) is 0 Å². The summed E-state index contributed by atoms with van der Waals surface area (Å²) in [5, 5.41) is 17.9. The van der Waals surface area contributed by atoms with E-state index in [9.17, 15) is 4.79 Å². The molecule has 0 unspecified atom stereocenters. The zero-order valence-corrected chi connectivity index (χ0v) is 20.6. The van der Waals surface area contributed by atoms with Crippen molar-refractivity contribution in [3.05, 3.63) is 82.3 Å². The fourth-order valence-corrected chi connectivity index (χ4v) is 5.38. The molecule has 2 N–H and O–H groups in total. The highest BCUT2D eigenvalue weighted by atomic mass is 32.1. The topological polar surface area (TPSA) is 111 Å². The van der Waals surface area contributed by atoms with E-state index in [4.69, 9.17) is 24.8 Å². The van der Waals surface area contributed by atoms with Gasteiger partial charge in [0.1, 0.15) is 10.5 Å². The van der Waals surface area contributed by atoms with Crippen molar-refractivity contribution in [2.75, 3.05) is 18.0 Å². The smallest absolute Gasteiger partial charge is 0.414 e. The van der Waals surface area contributed by atoms with Crippen molar-refractivity contribution in [3.8, 4) is 0 Å². The second-order valence-electron chi connectivity index (χ2n) is 8.39. The highest BCUT2D eigenvalue weighted by Gasteiger charge is 2.45. The van der Waals surface area contributed by atoms with E-state index in [2.05, 4.69) is 40.6 Å². The first-order chi connectivity index (χ1) is 16.7. The Morgan fingerprint density at radius 3 is 1.97 bits per heavy atom. The fourth-order valence-electron chi connectivity index (χ4n) is 4.33. The Balaban J connectivity index is 0.000000509. The summed E-state index contributed by atoms with van der Waals surface area (Å²) in [4.78, 5) is 40.4. The summed E-state index contributed by atoms with van der Waals surface area (Å²) in [6.45, 7) is 6.51. The van der Waals surface area contributed by atoms with E-state index >= 15 is 0 Å². The van der Waals surface area contributed by atoms with Crippen LogP contribution in [0.4, 0.5) is 5.69 Å². The van der Waals surface area contributed by atoms with Crippen LogP contribution >= 0.6 is 11.3 Å². The fraction of sp³-hybridized carbons (Fsp3) is 0.308. The average molecular weight is 496 g/mol.